The maximum atomic E-state index is 5.98. The molecule has 2 rings (SSSR count). The van der Waals surface area contributed by atoms with Gasteiger partial charge in [-0.3, -0.25) is 0 Å². The molecule has 19 heavy (non-hydrogen) atoms. The number of hydrogen-bond acceptors (Lipinski definition) is 3. The van der Waals surface area contributed by atoms with Crippen molar-refractivity contribution < 1.29 is 4.74 Å². The summed E-state index contributed by atoms with van der Waals surface area (Å²) in [5.74, 6) is 0.599. The number of halogens is 1. The van der Waals surface area contributed by atoms with Crippen molar-refractivity contribution in [3.63, 3.8) is 0 Å². The molecule has 0 atom stereocenters. The molecule has 0 aliphatic carbocycles. The Balaban J connectivity index is 1.98. The summed E-state index contributed by atoms with van der Waals surface area (Å²) >= 11 is 2.29. The predicted octanol–water partition coefficient (Wildman–Crippen LogP) is 3.43. The lowest BCUT2D eigenvalue weighted by Gasteiger charge is -2.09. The van der Waals surface area contributed by atoms with Gasteiger partial charge in [0.1, 0.15) is 0 Å². The number of benzene rings is 1. The Morgan fingerprint density at radius 1 is 1.37 bits per heavy atom. The van der Waals surface area contributed by atoms with Crippen molar-refractivity contribution >= 4 is 39.6 Å². The molecule has 0 radical (unpaired) electrons. The summed E-state index contributed by atoms with van der Waals surface area (Å²) in [5, 5.41) is 0. The van der Waals surface area contributed by atoms with E-state index in [9.17, 15) is 0 Å². The Morgan fingerprint density at radius 2 is 2.16 bits per heavy atom. The molecule has 5 heteroatoms. The Morgan fingerprint density at radius 3 is 2.89 bits per heavy atom. The van der Waals surface area contributed by atoms with E-state index in [0.717, 1.165) is 37.0 Å². The van der Waals surface area contributed by atoms with Crippen molar-refractivity contribution in [2.75, 3.05) is 12.3 Å². The summed E-state index contributed by atoms with van der Waals surface area (Å²) in [5.41, 5.74) is 8.07. The molecule has 2 aromatic rings. The van der Waals surface area contributed by atoms with Crippen molar-refractivity contribution in [2.45, 2.75) is 39.3 Å². The first kappa shape index (κ1) is 14.6. The molecule has 0 spiro atoms. The van der Waals surface area contributed by atoms with Gasteiger partial charge in [-0.25, -0.2) is 4.98 Å². The topological polar surface area (TPSA) is 53.1 Å². The van der Waals surface area contributed by atoms with Gasteiger partial charge in [0, 0.05) is 16.7 Å². The van der Waals surface area contributed by atoms with Crippen LogP contribution in [0.2, 0.25) is 0 Å². The molecule has 1 aromatic heterocycles. The van der Waals surface area contributed by atoms with Crippen molar-refractivity contribution in [3.05, 3.63) is 21.8 Å². The van der Waals surface area contributed by atoms with E-state index in [1.54, 1.807) is 0 Å². The summed E-state index contributed by atoms with van der Waals surface area (Å²) in [6.07, 6.45) is 2.40. The maximum Gasteiger partial charge on any atom is 0.201 e. The van der Waals surface area contributed by atoms with Gasteiger partial charge < -0.3 is 15.0 Å². The number of rotatable bonds is 6. The molecule has 104 valence electrons. The van der Waals surface area contributed by atoms with E-state index in [2.05, 4.69) is 64.2 Å². The number of nitrogen functional groups attached to an aromatic ring is 1. The van der Waals surface area contributed by atoms with Crippen LogP contribution in [0.15, 0.2) is 18.2 Å². The zero-order valence-electron chi connectivity index (χ0n) is 11.4. The van der Waals surface area contributed by atoms with Gasteiger partial charge in [-0.05, 0) is 67.5 Å². The van der Waals surface area contributed by atoms with E-state index in [1.165, 1.54) is 3.57 Å². The average Bonchev–Trinajstić information content (AvgIpc) is 2.64. The van der Waals surface area contributed by atoms with E-state index < -0.39 is 0 Å². The zero-order valence-corrected chi connectivity index (χ0v) is 13.6. The SMILES string of the molecule is CC(C)OCCCCn1c(N)nc2cc(I)ccc21. The van der Waals surface area contributed by atoms with Crippen LogP contribution in [0.25, 0.3) is 11.0 Å². The van der Waals surface area contributed by atoms with Gasteiger partial charge >= 0.3 is 0 Å². The molecule has 1 heterocycles. The highest BCUT2D eigenvalue weighted by Crippen LogP contribution is 2.20. The maximum absolute atomic E-state index is 5.98. The van der Waals surface area contributed by atoms with Crippen molar-refractivity contribution in [1.82, 2.24) is 9.55 Å². The van der Waals surface area contributed by atoms with Crippen LogP contribution in [-0.4, -0.2) is 22.3 Å². The van der Waals surface area contributed by atoms with Gasteiger partial charge in [0.05, 0.1) is 17.1 Å². The lowest BCUT2D eigenvalue weighted by Crippen LogP contribution is -2.07. The Labute approximate surface area is 127 Å². The standard InChI is InChI=1S/C14H20IN3O/c1-10(2)19-8-4-3-7-18-13-6-5-11(15)9-12(13)17-14(18)16/h5-6,9-10H,3-4,7-8H2,1-2H3,(H2,16,17). The quantitative estimate of drug-likeness (QED) is 0.624. The lowest BCUT2D eigenvalue weighted by molar-refractivity contribution is 0.0755. The van der Waals surface area contributed by atoms with Gasteiger partial charge in [-0.15, -0.1) is 0 Å². The van der Waals surface area contributed by atoms with Crippen molar-refractivity contribution in [2.24, 2.45) is 0 Å². The predicted molar refractivity (Wildman–Crippen MR) is 87.2 cm³/mol. The van der Waals surface area contributed by atoms with Crippen LogP contribution in [0, 0.1) is 3.57 Å². The number of ether oxygens (including phenoxy) is 1. The normalized spacial score (nSPS) is 11.6. The number of hydrogen-bond donors (Lipinski definition) is 1. The second kappa shape index (κ2) is 6.56. The highest BCUT2D eigenvalue weighted by molar-refractivity contribution is 14.1. The molecule has 0 saturated carbocycles. The van der Waals surface area contributed by atoms with Gasteiger partial charge in [-0.2, -0.15) is 0 Å². The van der Waals surface area contributed by atoms with Crippen LogP contribution in [0.3, 0.4) is 0 Å². The summed E-state index contributed by atoms with van der Waals surface area (Å²) in [6, 6.07) is 6.23. The van der Waals surface area contributed by atoms with E-state index >= 15 is 0 Å². The van der Waals surface area contributed by atoms with Crippen LogP contribution in [0.4, 0.5) is 5.95 Å². The van der Waals surface area contributed by atoms with Gasteiger partial charge in [0.2, 0.25) is 5.95 Å². The number of fused-ring (bicyclic) bond motifs is 1. The molecule has 0 amide bonds. The summed E-state index contributed by atoms with van der Waals surface area (Å²) in [4.78, 5) is 4.41. The van der Waals surface area contributed by atoms with Gasteiger partial charge in [0.15, 0.2) is 0 Å². The number of imidazole rings is 1. The first-order chi connectivity index (χ1) is 9.08. The highest BCUT2D eigenvalue weighted by Gasteiger charge is 2.07. The molecule has 0 aliphatic heterocycles. The second-order valence-corrected chi connectivity index (χ2v) is 6.13. The molecule has 4 nitrogen and oxygen atoms in total. The second-order valence-electron chi connectivity index (χ2n) is 4.88. The molecule has 0 unspecified atom stereocenters. The van der Waals surface area contributed by atoms with Crippen LogP contribution < -0.4 is 5.73 Å². The number of anilines is 1. The average molecular weight is 373 g/mol. The first-order valence-electron chi connectivity index (χ1n) is 6.61. The third-order valence-electron chi connectivity index (χ3n) is 2.97. The lowest BCUT2D eigenvalue weighted by atomic mass is 10.3. The number of aryl methyl sites for hydroxylation is 1. The summed E-state index contributed by atoms with van der Waals surface area (Å²) in [6.45, 7) is 5.82. The molecular weight excluding hydrogens is 353 g/mol. The van der Waals surface area contributed by atoms with Crippen LogP contribution in [-0.2, 0) is 11.3 Å². The van der Waals surface area contributed by atoms with E-state index in [0.29, 0.717) is 12.1 Å². The fraction of sp³-hybridized carbons (Fsp3) is 0.500. The number of nitrogens with zero attached hydrogens (tertiary/aromatic N) is 2. The van der Waals surface area contributed by atoms with Crippen LogP contribution in [0.1, 0.15) is 26.7 Å². The number of unbranched alkanes of at least 4 members (excludes halogenated alkanes) is 1. The Kier molecular flexibility index (Phi) is 5.04. The number of nitrogens with two attached hydrogens (primary N) is 1. The Hall–Kier alpha value is -0.820. The third-order valence-corrected chi connectivity index (χ3v) is 3.64. The largest absolute Gasteiger partial charge is 0.379 e. The molecule has 1 aromatic carbocycles. The summed E-state index contributed by atoms with van der Waals surface area (Å²) in [7, 11) is 0. The zero-order chi connectivity index (χ0) is 13.8. The van der Waals surface area contributed by atoms with E-state index in [-0.39, 0.29) is 0 Å². The highest BCUT2D eigenvalue weighted by atomic mass is 127. The molecular formula is C14H20IN3O. The van der Waals surface area contributed by atoms with Crippen molar-refractivity contribution in [1.29, 1.82) is 0 Å². The third kappa shape index (κ3) is 3.82. The fourth-order valence-corrected chi connectivity index (χ4v) is 2.52. The smallest absolute Gasteiger partial charge is 0.201 e. The van der Waals surface area contributed by atoms with Gasteiger partial charge in [0.25, 0.3) is 0 Å². The minimum absolute atomic E-state index is 0.307. The van der Waals surface area contributed by atoms with E-state index in [4.69, 9.17) is 10.5 Å². The molecule has 2 N–H and O–H groups in total. The van der Waals surface area contributed by atoms with Crippen molar-refractivity contribution in [3.8, 4) is 0 Å². The number of aromatic nitrogens is 2. The monoisotopic (exact) mass is 373 g/mol. The minimum atomic E-state index is 0.307. The van der Waals surface area contributed by atoms with Crippen LogP contribution >= 0.6 is 22.6 Å². The van der Waals surface area contributed by atoms with Crippen LogP contribution in [0.5, 0.6) is 0 Å². The minimum Gasteiger partial charge on any atom is -0.379 e. The first-order valence-corrected chi connectivity index (χ1v) is 7.68. The molecule has 0 bridgehead atoms. The molecule has 0 fully saturated rings. The van der Waals surface area contributed by atoms with E-state index in [1.807, 2.05) is 0 Å². The molecule has 0 aliphatic rings. The fourth-order valence-electron chi connectivity index (χ4n) is 2.05. The molecule has 0 saturated heterocycles. The van der Waals surface area contributed by atoms with Gasteiger partial charge in [-0.1, -0.05) is 0 Å². The summed E-state index contributed by atoms with van der Waals surface area (Å²) < 4.78 is 8.80. The Bertz CT molecular complexity index is 551.